The van der Waals surface area contributed by atoms with Crippen LogP contribution in [-0.2, 0) is 11.9 Å². The number of alkyl halides is 3. The molecule has 0 aliphatic rings. The first kappa shape index (κ1) is 19.2. The summed E-state index contributed by atoms with van der Waals surface area (Å²) < 4.78 is 43.0. The van der Waals surface area contributed by atoms with Crippen LogP contribution < -0.4 is 10.6 Å². The van der Waals surface area contributed by atoms with Crippen LogP contribution in [0.2, 0.25) is 0 Å². The second-order valence-corrected chi connectivity index (χ2v) is 6.97. The van der Waals surface area contributed by atoms with Crippen LogP contribution in [0.15, 0.2) is 59.8 Å². The third-order valence-electron chi connectivity index (χ3n) is 3.32. The van der Waals surface area contributed by atoms with E-state index in [0.29, 0.717) is 10.9 Å². The molecule has 5 nitrogen and oxygen atoms in total. The molecule has 1 aromatic heterocycles. The molecule has 3 rings (SSSR count). The van der Waals surface area contributed by atoms with Gasteiger partial charge in [-0.3, -0.25) is 5.32 Å². The van der Waals surface area contributed by atoms with Crippen LogP contribution in [0.4, 0.5) is 28.8 Å². The molecule has 0 atom stereocenters. The molecule has 2 amide bonds. The molecule has 0 fully saturated rings. The maximum atomic E-state index is 13.0. The molecule has 2 aromatic carbocycles. The number of carbonyl (C=O) groups excluding carboxylic acids is 1. The SMILES string of the molecule is O=C(Nc1nc(SCc2ccccc2)ns1)Nc1ccccc1C(F)(F)F. The molecule has 2 N–H and O–H groups in total. The molecule has 1 heterocycles. The Morgan fingerprint density at radius 1 is 1.04 bits per heavy atom. The van der Waals surface area contributed by atoms with Crippen molar-refractivity contribution in [3.8, 4) is 0 Å². The minimum absolute atomic E-state index is 0.201. The lowest BCUT2D eigenvalue weighted by atomic mass is 10.1. The van der Waals surface area contributed by atoms with E-state index >= 15 is 0 Å². The van der Waals surface area contributed by atoms with Crippen LogP contribution in [0.25, 0.3) is 0 Å². The number of anilines is 2. The summed E-state index contributed by atoms with van der Waals surface area (Å²) in [5, 5.41) is 5.28. The van der Waals surface area contributed by atoms with E-state index in [1.165, 1.54) is 30.0 Å². The highest BCUT2D eigenvalue weighted by Gasteiger charge is 2.33. The largest absolute Gasteiger partial charge is 0.418 e. The molecule has 0 unspecified atom stereocenters. The van der Waals surface area contributed by atoms with Crippen molar-refractivity contribution in [3.05, 3.63) is 65.7 Å². The van der Waals surface area contributed by atoms with Crippen molar-refractivity contribution in [2.45, 2.75) is 17.1 Å². The summed E-state index contributed by atoms with van der Waals surface area (Å²) in [6, 6.07) is 13.7. The number of nitrogens with zero attached hydrogens (tertiary/aromatic N) is 2. The number of para-hydroxylation sites is 1. The zero-order valence-corrected chi connectivity index (χ0v) is 15.3. The van der Waals surface area contributed by atoms with Crippen molar-refractivity contribution in [1.29, 1.82) is 0 Å². The molecule has 0 radical (unpaired) electrons. The normalized spacial score (nSPS) is 11.2. The average Bonchev–Trinajstić information content (AvgIpc) is 3.07. The van der Waals surface area contributed by atoms with E-state index in [9.17, 15) is 18.0 Å². The molecule has 3 aromatic rings. The van der Waals surface area contributed by atoms with Crippen LogP contribution in [-0.4, -0.2) is 15.4 Å². The summed E-state index contributed by atoms with van der Waals surface area (Å²) in [5.74, 6) is 0.669. The summed E-state index contributed by atoms with van der Waals surface area (Å²) in [7, 11) is 0. The Balaban J connectivity index is 1.59. The summed E-state index contributed by atoms with van der Waals surface area (Å²) in [4.78, 5) is 16.1. The van der Waals surface area contributed by atoms with Crippen LogP contribution in [0, 0.1) is 0 Å². The quantitative estimate of drug-likeness (QED) is 0.546. The first-order valence-electron chi connectivity index (χ1n) is 7.66. The van der Waals surface area contributed by atoms with Gasteiger partial charge in [0.25, 0.3) is 0 Å². The number of urea groups is 1. The van der Waals surface area contributed by atoms with E-state index in [4.69, 9.17) is 0 Å². The number of rotatable bonds is 5. The molecule has 0 saturated heterocycles. The molecular formula is C17H13F3N4OS2. The topological polar surface area (TPSA) is 66.9 Å². The average molecular weight is 410 g/mol. The Morgan fingerprint density at radius 2 is 1.74 bits per heavy atom. The monoisotopic (exact) mass is 410 g/mol. The van der Waals surface area contributed by atoms with Gasteiger partial charge in [0, 0.05) is 17.3 Å². The second kappa shape index (κ2) is 8.40. The Labute approximate surface area is 161 Å². The molecule has 10 heteroatoms. The fourth-order valence-corrected chi connectivity index (χ4v) is 3.63. The van der Waals surface area contributed by atoms with Gasteiger partial charge >= 0.3 is 12.2 Å². The lowest BCUT2D eigenvalue weighted by molar-refractivity contribution is -0.136. The Hall–Kier alpha value is -2.59. The highest BCUT2D eigenvalue weighted by molar-refractivity contribution is 7.98. The van der Waals surface area contributed by atoms with Crippen molar-refractivity contribution in [2.75, 3.05) is 10.6 Å². The number of hydrogen-bond donors (Lipinski definition) is 2. The van der Waals surface area contributed by atoms with Gasteiger partial charge in [-0.1, -0.05) is 54.2 Å². The fraction of sp³-hybridized carbons (Fsp3) is 0.118. The number of aromatic nitrogens is 2. The van der Waals surface area contributed by atoms with Crippen molar-refractivity contribution in [3.63, 3.8) is 0 Å². The zero-order valence-electron chi connectivity index (χ0n) is 13.7. The van der Waals surface area contributed by atoms with Gasteiger partial charge in [0.1, 0.15) is 0 Å². The molecule has 0 spiro atoms. The predicted octanol–water partition coefficient (Wildman–Crippen LogP) is 5.49. The standard InChI is InChI=1S/C17H13F3N4OS2/c18-17(19,20)12-8-4-5-9-13(12)21-14(25)22-15-23-16(24-27-15)26-10-11-6-2-1-3-7-11/h1-9H,10H2,(H2,21,22,23,24,25). The van der Waals surface area contributed by atoms with Crippen molar-refractivity contribution in [1.82, 2.24) is 9.36 Å². The Bertz CT molecular complexity index is 916. The number of hydrogen-bond acceptors (Lipinski definition) is 5. The summed E-state index contributed by atoms with van der Waals surface area (Å²) in [6.07, 6.45) is -4.56. The second-order valence-electron chi connectivity index (χ2n) is 5.28. The van der Waals surface area contributed by atoms with Gasteiger partial charge in [-0.15, -0.1) is 0 Å². The lowest BCUT2D eigenvalue weighted by Gasteiger charge is -2.13. The summed E-state index contributed by atoms with van der Waals surface area (Å²) in [5.41, 5.74) is -0.143. The fourth-order valence-electron chi connectivity index (χ4n) is 2.13. The first-order chi connectivity index (χ1) is 12.9. The third kappa shape index (κ3) is 5.44. The van der Waals surface area contributed by atoms with E-state index < -0.39 is 17.8 Å². The van der Waals surface area contributed by atoms with Gasteiger partial charge in [0.2, 0.25) is 10.3 Å². The van der Waals surface area contributed by atoms with Gasteiger partial charge in [-0.05, 0) is 17.7 Å². The van der Waals surface area contributed by atoms with E-state index in [2.05, 4.69) is 20.0 Å². The molecular weight excluding hydrogens is 397 g/mol. The van der Waals surface area contributed by atoms with E-state index in [1.807, 2.05) is 30.3 Å². The van der Waals surface area contributed by atoms with E-state index in [-0.39, 0.29) is 10.8 Å². The Kier molecular flexibility index (Phi) is 5.97. The number of carbonyl (C=O) groups is 1. The highest BCUT2D eigenvalue weighted by atomic mass is 32.2. The van der Waals surface area contributed by atoms with Gasteiger partial charge in [-0.2, -0.15) is 22.5 Å². The number of nitrogens with one attached hydrogen (secondary N) is 2. The lowest BCUT2D eigenvalue weighted by Crippen LogP contribution is -2.21. The third-order valence-corrected chi connectivity index (χ3v) is 4.98. The predicted molar refractivity (Wildman–Crippen MR) is 100.0 cm³/mol. The maximum absolute atomic E-state index is 13.0. The number of amides is 2. The first-order valence-corrected chi connectivity index (χ1v) is 9.42. The van der Waals surface area contributed by atoms with Crippen LogP contribution in [0.1, 0.15) is 11.1 Å². The molecule has 27 heavy (non-hydrogen) atoms. The molecule has 0 bridgehead atoms. The van der Waals surface area contributed by atoms with Gasteiger partial charge < -0.3 is 5.32 Å². The van der Waals surface area contributed by atoms with Gasteiger partial charge in [0.05, 0.1) is 11.3 Å². The van der Waals surface area contributed by atoms with Crippen LogP contribution in [0.3, 0.4) is 0 Å². The molecule has 140 valence electrons. The minimum atomic E-state index is -4.56. The number of thioether (sulfide) groups is 1. The molecule has 0 saturated carbocycles. The van der Waals surface area contributed by atoms with E-state index in [1.54, 1.807) is 0 Å². The van der Waals surface area contributed by atoms with E-state index in [0.717, 1.165) is 23.2 Å². The Morgan fingerprint density at radius 3 is 2.48 bits per heavy atom. The van der Waals surface area contributed by atoms with Crippen LogP contribution in [0.5, 0.6) is 0 Å². The van der Waals surface area contributed by atoms with Crippen molar-refractivity contribution >= 4 is 40.1 Å². The minimum Gasteiger partial charge on any atom is -0.307 e. The summed E-state index contributed by atoms with van der Waals surface area (Å²) >= 11 is 2.36. The number of benzene rings is 2. The molecule has 0 aliphatic heterocycles. The summed E-state index contributed by atoms with van der Waals surface area (Å²) in [6.45, 7) is 0. The van der Waals surface area contributed by atoms with Crippen molar-refractivity contribution in [2.24, 2.45) is 0 Å². The molecule has 0 aliphatic carbocycles. The van der Waals surface area contributed by atoms with Crippen LogP contribution >= 0.6 is 23.3 Å². The zero-order chi connectivity index (χ0) is 19.3. The van der Waals surface area contributed by atoms with Crippen molar-refractivity contribution < 1.29 is 18.0 Å². The smallest absolute Gasteiger partial charge is 0.307 e. The highest BCUT2D eigenvalue weighted by Crippen LogP contribution is 2.34. The van der Waals surface area contributed by atoms with Gasteiger partial charge in [0.15, 0.2) is 0 Å². The maximum Gasteiger partial charge on any atom is 0.418 e. The number of halogens is 3. The van der Waals surface area contributed by atoms with Gasteiger partial charge in [-0.25, -0.2) is 4.79 Å².